The maximum Gasteiger partial charge on any atom is 0.315 e. The van der Waals surface area contributed by atoms with Crippen molar-refractivity contribution >= 4 is 6.03 Å². The smallest absolute Gasteiger partial charge is 0.315 e. The van der Waals surface area contributed by atoms with Crippen LogP contribution in [0.4, 0.5) is 4.79 Å². The van der Waals surface area contributed by atoms with Crippen molar-refractivity contribution in [1.29, 1.82) is 0 Å². The van der Waals surface area contributed by atoms with Gasteiger partial charge >= 0.3 is 6.03 Å². The number of aliphatic hydroxyl groups is 1. The van der Waals surface area contributed by atoms with E-state index in [0.717, 1.165) is 19.4 Å². The summed E-state index contributed by atoms with van der Waals surface area (Å²) >= 11 is 0. The molecule has 1 rings (SSSR count). The number of carbonyl (C=O) groups excluding carboxylic acids is 1. The Kier molecular flexibility index (Phi) is 6.38. The molecule has 0 spiro atoms. The molecule has 1 heterocycles. The van der Waals surface area contributed by atoms with Gasteiger partial charge in [0.25, 0.3) is 0 Å². The summed E-state index contributed by atoms with van der Waals surface area (Å²) in [4.78, 5) is 11.8. The van der Waals surface area contributed by atoms with Crippen LogP contribution in [0.1, 0.15) is 26.2 Å². The average Bonchev–Trinajstić information content (AvgIpc) is 2.79. The van der Waals surface area contributed by atoms with Crippen molar-refractivity contribution in [3.05, 3.63) is 0 Å². The normalized spacial score (nSPS) is 22.5. The molecule has 2 unspecified atom stereocenters. The van der Waals surface area contributed by atoms with Crippen molar-refractivity contribution in [3.63, 3.8) is 0 Å². The van der Waals surface area contributed by atoms with Crippen molar-refractivity contribution in [3.8, 4) is 0 Å². The highest BCUT2D eigenvalue weighted by Gasteiger charge is 2.26. The van der Waals surface area contributed by atoms with Crippen molar-refractivity contribution in [1.82, 2.24) is 10.6 Å². The maximum absolute atomic E-state index is 11.8. The largest absolute Gasteiger partial charge is 0.396 e. The minimum absolute atomic E-state index is 0.00583. The van der Waals surface area contributed by atoms with E-state index < -0.39 is 5.54 Å². The van der Waals surface area contributed by atoms with Gasteiger partial charge in [-0.25, -0.2) is 4.79 Å². The van der Waals surface area contributed by atoms with Crippen LogP contribution in [0.2, 0.25) is 0 Å². The Bertz CT molecular complexity index is 248. The number of amides is 2. The van der Waals surface area contributed by atoms with E-state index in [-0.39, 0.29) is 18.7 Å². The van der Waals surface area contributed by atoms with Crippen molar-refractivity contribution < 1.29 is 19.4 Å². The van der Waals surface area contributed by atoms with Gasteiger partial charge in [-0.3, -0.25) is 0 Å². The van der Waals surface area contributed by atoms with E-state index in [9.17, 15) is 4.79 Å². The number of hydrogen-bond acceptors (Lipinski definition) is 4. The van der Waals surface area contributed by atoms with E-state index >= 15 is 0 Å². The lowest BCUT2D eigenvalue weighted by Gasteiger charge is -2.29. The number of rotatable bonds is 7. The fourth-order valence-corrected chi connectivity index (χ4v) is 2.07. The second kappa shape index (κ2) is 7.56. The number of nitrogens with one attached hydrogen (secondary N) is 2. The fraction of sp³-hybridized carbons (Fsp3) is 0.917. The van der Waals surface area contributed by atoms with Gasteiger partial charge in [-0.05, 0) is 26.2 Å². The van der Waals surface area contributed by atoms with Gasteiger partial charge in [0.2, 0.25) is 0 Å². The van der Waals surface area contributed by atoms with E-state index in [4.69, 9.17) is 14.6 Å². The summed E-state index contributed by atoms with van der Waals surface area (Å²) in [7, 11) is 1.57. The lowest BCUT2D eigenvalue weighted by Crippen LogP contribution is -2.54. The Labute approximate surface area is 108 Å². The molecular weight excluding hydrogens is 236 g/mol. The lowest BCUT2D eigenvalue weighted by atomic mass is 10.00. The number of urea groups is 1. The minimum Gasteiger partial charge on any atom is -0.396 e. The summed E-state index contributed by atoms with van der Waals surface area (Å²) in [6.07, 6.45) is 2.63. The summed E-state index contributed by atoms with van der Waals surface area (Å²) in [5.74, 6) is 0. The molecule has 0 aromatic carbocycles. The summed E-state index contributed by atoms with van der Waals surface area (Å²) in [6, 6.07) is -0.251. The second-order valence-electron chi connectivity index (χ2n) is 4.94. The molecule has 3 N–H and O–H groups in total. The van der Waals surface area contributed by atoms with E-state index in [1.165, 1.54) is 0 Å². The Morgan fingerprint density at radius 3 is 2.94 bits per heavy atom. The molecule has 0 saturated carbocycles. The Balaban J connectivity index is 2.30. The lowest BCUT2D eigenvalue weighted by molar-refractivity contribution is 0.0975. The number of carbonyl (C=O) groups is 1. The fourth-order valence-electron chi connectivity index (χ4n) is 2.07. The highest BCUT2D eigenvalue weighted by Crippen LogP contribution is 2.11. The number of ether oxygens (including phenoxy) is 2. The van der Waals surface area contributed by atoms with Crippen LogP contribution < -0.4 is 10.6 Å². The van der Waals surface area contributed by atoms with E-state index in [1.54, 1.807) is 7.11 Å². The molecule has 2 amide bonds. The molecule has 2 atom stereocenters. The SMILES string of the molecule is COCC(C)(CCO)NC(=O)NCC1CCCO1. The number of aliphatic hydroxyl groups excluding tert-OH is 1. The Hall–Kier alpha value is -0.850. The third-order valence-corrected chi connectivity index (χ3v) is 3.06. The molecule has 106 valence electrons. The molecule has 1 aliphatic heterocycles. The number of methoxy groups -OCH3 is 1. The first-order valence-corrected chi connectivity index (χ1v) is 6.37. The van der Waals surface area contributed by atoms with Crippen LogP contribution >= 0.6 is 0 Å². The molecular formula is C12H24N2O4. The highest BCUT2D eigenvalue weighted by atomic mass is 16.5. The first-order valence-electron chi connectivity index (χ1n) is 6.37. The summed E-state index contributed by atoms with van der Waals surface area (Å²) in [6.45, 7) is 3.51. The van der Waals surface area contributed by atoms with Gasteiger partial charge in [0.15, 0.2) is 0 Å². The van der Waals surface area contributed by atoms with E-state index in [2.05, 4.69) is 10.6 Å². The highest BCUT2D eigenvalue weighted by molar-refractivity contribution is 5.74. The maximum atomic E-state index is 11.8. The third kappa shape index (κ3) is 5.20. The average molecular weight is 260 g/mol. The molecule has 18 heavy (non-hydrogen) atoms. The predicted molar refractivity (Wildman–Crippen MR) is 67.5 cm³/mol. The molecule has 0 aromatic rings. The minimum atomic E-state index is -0.551. The summed E-state index contributed by atoms with van der Waals surface area (Å²) < 4.78 is 10.5. The van der Waals surface area contributed by atoms with Crippen LogP contribution in [0.3, 0.4) is 0 Å². The predicted octanol–water partition coefficient (Wildman–Crippen LogP) is 0.252. The first kappa shape index (κ1) is 15.2. The Morgan fingerprint density at radius 2 is 2.39 bits per heavy atom. The molecule has 1 aliphatic rings. The van der Waals surface area contributed by atoms with Crippen LogP contribution in [-0.4, -0.2) is 56.3 Å². The van der Waals surface area contributed by atoms with Gasteiger partial charge in [0, 0.05) is 26.9 Å². The van der Waals surface area contributed by atoms with Crippen molar-refractivity contribution in [2.24, 2.45) is 0 Å². The molecule has 0 aliphatic carbocycles. The van der Waals surface area contributed by atoms with Crippen molar-refractivity contribution in [2.45, 2.75) is 37.8 Å². The zero-order valence-electron chi connectivity index (χ0n) is 11.2. The van der Waals surface area contributed by atoms with Crippen LogP contribution in [-0.2, 0) is 9.47 Å². The second-order valence-corrected chi connectivity index (χ2v) is 4.94. The molecule has 1 fully saturated rings. The van der Waals surface area contributed by atoms with Gasteiger partial charge in [-0.15, -0.1) is 0 Å². The third-order valence-electron chi connectivity index (χ3n) is 3.06. The zero-order chi connectivity index (χ0) is 13.4. The topological polar surface area (TPSA) is 79.8 Å². The molecule has 0 radical (unpaired) electrons. The van der Waals surface area contributed by atoms with E-state index in [0.29, 0.717) is 19.6 Å². The first-order chi connectivity index (χ1) is 8.59. The monoisotopic (exact) mass is 260 g/mol. The van der Waals surface area contributed by atoms with Gasteiger partial charge in [0.1, 0.15) is 0 Å². The van der Waals surface area contributed by atoms with Crippen molar-refractivity contribution in [2.75, 3.05) is 33.5 Å². The molecule has 6 heteroatoms. The van der Waals surface area contributed by atoms with Gasteiger partial charge in [0.05, 0.1) is 18.2 Å². The van der Waals surface area contributed by atoms with Gasteiger partial charge in [-0.1, -0.05) is 0 Å². The van der Waals surface area contributed by atoms with Gasteiger partial charge < -0.3 is 25.2 Å². The standard InChI is InChI=1S/C12H24N2O4/c1-12(5-6-15,9-17-2)14-11(16)13-8-10-4-3-7-18-10/h10,15H,3-9H2,1-2H3,(H2,13,14,16). The van der Waals surface area contributed by atoms with Crippen LogP contribution in [0.5, 0.6) is 0 Å². The van der Waals surface area contributed by atoms with E-state index in [1.807, 2.05) is 6.92 Å². The molecule has 0 aromatic heterocycles. The molecule has 1 saturated heterocycles. The summed E-state index contributed by atoms with van der Waals surface area (Å²) in [5.41, 5.74) is -0.551. The number of hydrogen-bond donors (Lipinski definition) is 3. The Morgan fingerprint density at radius 1 is 1.61 bits per heavy atom. The summed E-state index contributed by atoms with van der Waals surface area (Å²) in [5, 5.41) is 14.6. The van der Waals surface area contributed by atoms with Crippen LogP contribution in [0.25, 0.3) is 0 Å². The zero-order valence-corrected chi connectivity index (χ0v) is 11.2. The molecule has 6 nitrogen and oxygen atoms in total. The van der Waals surface area contributed by atoms with Gasteiger partial charge in [-0.2, -0.15) is 0 Å². The molecule has 0 bridgehead atoms. The van der Waals surface area contributed by atoms with Crippen LogP contribution in [0, 0.1) is 0 Å². The quantitative estimate of drug-likeness (QED) is 0.613. The van der Waals surface area contributed by atoms with Crippen LogP contribution in [0.15, 0.2) is 0 Å².